The zero-order chi connectivity index (χ0) is 33.1. The number of hydrogen-bond donors (Lipinski definition) is 1. The van der Waals surface area contributed by atoms with Crippen molar-refractivity contribution in [2.24, 2.45) is 0 Å². The van der Waals surface area contributed by atoms with Gasteiger partial charge in [-0.1, -0.05) is 95.5 Å². The predicted octanol–water partition coefficient (Wildman–Crippen LogP) is 3.85. The fraction of sp³-hybridized carbons (Fsp3) is 0.333. The molecular weight excluding hydrogens is 655 g/mol. The minimum absolute atomic E-state index is 0.00894. The van der Waals surface area contributed by atoms with E-state index in [-0.39, 0.29) is 11.1 Å². The van der Waals surface area contributed by atoms with E-state index in [1.807, 2.05) is 0 Å². The molecule has 2 aromatic carbocycles. The maximum absolute atomic E-state index is 14.4. The molecule has 1 saturated heterocycles. The lowest BCUT2D eigenvalue weighted by Gasteiger charge is -2.47. The molecule has 238 valence electrons. The number of nitrogens with zero attached hydrogens (tertiary/aromatic N) is 1. The third kappa shape index (κ3) is 7.64. The molecule has 0 spiro atoms. The Labute approximate surface area is 272 Å². The number of carbonyl (C=O) groups excluding carboxylic acids is 5. The molecule has 45 heavy (non-hydrogen) atoms. The van der Waals surface area contributed by atoms with Crippen molar-refractivity contribution in [2.75, 3.05) is 6.61 Å². The van der Waals surface area contributed by atoms with E-state index in [1.165, 1.54) is 0 Å². The molecular formula is C30H27Cl3N2O10. The zero-order valence-corrected chi connectivity index (χ0v) is 26.3. The summed E-state index contributed by atoms with van der Waals surface area (Å²) in [4.78, 5) is 65.9. The van der Waals surface area contributed by atoms with Gasteiger partial charge in [-0.05, 0) is 11.1 Å². The van der Waals surface area contributed by atoms with E-state index in [0.717, 1.165) is 25.7 Å². The maximum Gasteiger partial charge on any atom is 0.303 e. The summed E-state index contributed by atoms with van der Waals surface area (Å²) in [6, 6.07) is 15.0. The first-order valence-corrected chi connectivity index (χ1v) is 14.5. The van der Waals surface area contributed by atoms with Crippen LogP contribution in [0.4, 0.5) is 0 Å². The van der Waals surface area contributed by atoms with Crippen molar-refractivity contribution in [3.05, 3.63) is 71.8 Å². The Morgan fingerprint density at radius 1 is 0.778 bits per heavy atom. The van der Waals surface area contributed by atoms with Crippen LogP contribution < -0.4 is 0 Å². The molecule has 1 fully saturated rings. The monoisotopic (exact) mass is 680 g/mol. The van der Waals surface area contributed by atoms with Crippen LogP contribution in [0.5, 0.6) is 0 Å². The maximum atomic E-state index is 14.4. The second-order valence-electron chi connectivity index (χ2n) is 9.89. The second kappa shape index (κ2) is 14.0. The van der Waals surface area contributed by atoms with Crippen molar-refractivity contribution >= 4 is 81.6 Å². The zero-order valence-electron chi connectivity index (χ0n) is 24.0. The first kappa shape index (κ1) is 33.9. The van der Waals surface area contributed by atoms with Gasteiger partial charge in [-0.25, -0.2) is 0 Å². The Hall–Kier alpha value is -3.97. The van der Waals surface area contributed by atoms with Crippen LogP contribution in [-0.2, 0) is 47.7 Å². The van der Waals surface area contributed by atoms with E-state index in [2.05, 4.69) is 0 Å². The normalized spacial score (nSPS) is 23.4. The van der Waals surface area contributed by atoms with E-state index in [9.17, 15) is 24.0 Å². The summed E-state index contributed by atoms with van der Waals surface area (Å²) in [6.45, 7) is 2.68. The fourth-order valence-electron chi connectivity index (χ4n) is 5.00. The van der Waals surface area contributed by atoms with Crippen molar-refractivity contribution in [1.29, 1.82) is 5.41 Å². The van der Waals surface area contributed by atoms with Gasteiger partial charge in [-0.15, -0.1) is 0 Å². The number of esters is 3. The summed E-state index contributed by atoms with van der Waals surface area (Å²) in [7, 11) is 0. The van der Waals surface area contributed by atoms with Crippen molar-refractivity contribution in [3.8, 4) is 0 Å². The third-order valence-corrected chi connectivity index (χ3v) is 7.21. The Morgan fingerprint density at radius 3 is 1.67 bits per heavy atom. The third-order valence-electron chi connectivity index (χ3n) is 6.70. The van der Waals surface area contributed by atoms with Crippen LogP contribution in [0, 0.1) is 5.41 Å². The first-order valence-electron chi connectivity index (χ1n) is 13.4. The van der Waals surface area contributed by atoms with E-state index >= 15 is 0 Å². The Kier molecular flexibility index (Phi) is 10.5. The highest BCUT2D eigenvalue weighted by molar-refractivity contribution is 6.76. The minimum atomic E-state index is -2.43. The molecule has 0 aliphatic carbocycles. The van der Waals surface area contributed by atoms with Crippen LogP contribution >= 0.6 is 34.8 Å². The summed E-state index contributed by atoms with van der Waals surface area (Å²) in [6.07, 6.45) is -6.47. The van der Waals surface area contributed by atoms with E-state index in [4.69, 9.17) is 63.9 Å². The van der Waals surface area contributed by atoms with Crippen LogP contribution in [0.15, 0.2) is 60.7 Å². The number of rotatable bonds is 8. The predicted molar refractivity (Wildman–Crippen MR) is 161 cm³/mol. The van der Waals surface area contributed by atoms with Gasteiger partial charge < -0.3 is 23.7 Å². The molecule has 0 saturated carbocycles. The van der Waals surface area contributed by atoms with Crippen molar-refractivity contribution < 1.29 is 47.7 Å². The van der Waals surface area contributed by atoms with Gasteiger partial charge in [0.05, 0.1) is 11.1 Å². The average Bonchev–Trinajstić information content (AvgIpc) is 3.22. The minimum Gasteiger partial charge on any atom is -0.463 e. The molecule has 4 rings (SSSR count). The lowest BCUT2D eigenvalue weighted by molar-refractivity contribution is -0.271. The average molecular weight is 682 g/mol. The number of ether oxygens (including phenoxy) is 5. The number of alkyl halides is 3. The number of nitrogens with one attached hydrogen (secondary N) is 1. The Balaban J connectivity index is 1.92. The standard InChI is InChI=1S/C30H27Cl3N2O10/c1-15(36)41-14-20-24(42-16(2)37)25(43-17(3)38)23(28(44-20)45-29(34)30(31,32)33)35-26(39)21(18-10-6-4-7-11-18)22(27(35)40)19-12-8-5-9-13-19/h4-13,20,23-25,28,34H,14H2,1-3H3/t20-,23-,24-,25-,28?/m1/s1. The van der Waals surface area contributed by atoms with Gasteiger partial charge in [0.15, 0.2) is 12.2 Å². The molecule has 2 aromatic rings. The van der Waals surface area contributed by atoms with Crippen molar-refractivity contribution in [3.63, 3.8) is 0 Å². The number of benzene rings is 2. The molecule has 0 bridgehead atoms. The smallest absolute Gasteiger partial charge is 0.303 e. The van der Waals surface area contributed by atoms with Gasteiger partial charge in [-0.3, -0.25) is 34.3 Å². The molecule has 1 N–H and O–H groups in total. The summed E-state index contributed by atoms with van der Waals surface area (Å²) >= 11 is 17.6. The van der Waals surface area contributed by atoms with Crippen molar-refractivity contribution in [2.45, 2.75) is 55.2 Å². The Morgan fingerprint density at radius 2 is 1.24 bits per heavy atom. The van der Waals surface area contributed by atoms with Gasteiger partial charge in [0.2, 0.25) is 12.2 Å². The van der Waals surface area contributed by atoms with E-state index in [1.54, 1.807) is 60.7 Å². The highest BCUT2D eigenvalue weighted by Crippen LogP contribution is 2.41. The molecule has 2 aliphatic heterocycles. The molecule has 5 atom stereocenters. The number of amides is 2. The Bertz CT molecular complexity index is 1470. The largest absolute Gasteiger partial charge is 0.463 e. The summed E-state index contributed by atoms with van der Waals surface area (Å²) in [5.41, 5.74) is 0.812. The number of imide groups is 1. The van der Waals surface area contributed by atoms with Crippen LogP contribution in [0.2, 0.25) is 0 Å². The van der Waals surface area contributed by atoms with Crippen LogP contribution in [-0.4, -0.2) is 81.6 Å². The first-order chi connectivity index (χ1) is 21.2. The lowest BCUT2D eigenvalue weighted by atomic mass is 9.94. The molecule has 1 unspecified atom stereocenters. The van der Waals surface area contributed by atoms with E-state index in [0.29, 0.717) is 11.1 Å². The topological polar surface area (TPSA) is 159 Å². The lowest BCUT2D eigenvalue weighted by Crippen LogP contribution is -2.68. The highest BCUT2D eigenvalue weighted by atomic mass is 35.6. The van der Waals surface area contributed by atoms with Crippen LogP contribution in [0.3, 0.4) is 0 Å². The molecule has 0 radical (unpaired) electrons. The molecule has 2 amide bonds. The quantitative estimate of drug-likeness (QED) is 0.108. The van der Waals surface area contributed by atoms with Crippen LogP contribution in [0.25, 0.3) is 11.1 Å². The van der Waals surface area contributed by atoms with Gasteiger partial charge >= 0.3 is 17.9 Å². The van der Waals surface area contributed by atoms with Gasteiger partial charge in [0.25, 0.3) is 15.6 Å². The number of hydrogen-bond acceptors (Lipinski definition) is 11. The van der Waals surface area contributed by atoms with Crippen LogP contribution in [0.1, 0.15) is 31.9 Å². The molecule has 2 heterocycles. The highest BCUT2D eigenvalue weighted by Gasteiger charge is 2.59. The SMILES string of the molecule is CC(=O)OC[C@H]1OC(OC(=N)C(Cl)(Cl)Cl)[C@H](N2C(=O)C(c3ccccc3)=C(c3ccccc3)C2=O)[C@@H](OC(C)=O)[C@@H]1OC(C)=O. The number of carbonyl (C=O) groups is 5. The van der Waals surface area contributed by atoms with Gasteiger partial charge in [0.1, 0.15) is 18.8 Å². The molecule has 0 aromatic heterocycles. The van der Waals surface area contributed by atoms with Gasteiger partial charge in [-0.2, -0.15) is 0 Å². The van der Waals surface area contributed by atoms with Gasteiger partial charge in [0, 0.05) is 20.8 Å². The molecule has 12 nitrogen and oxygen atoms in total. The second-order valence-corrected chi connectivity index (χ2v) is 12.2. The molecule has 15 heteroatoms. The summed E-state index contributed by atoms with van der Waals surface area (Å²) in [5.74, 6) is -5.14. The molecule has 2 aliphatic rings. The fourth-order valence-corrected chi connectivity index (χ4v) is 5.13. The number of halogens is 3. The van der Waals surface area contributed by atoms with Crippen molar-refractivity contribution in [1.82, 2.24) is 4.90 Å². The summed E-state index contributed by atoms with van der Waals surface area (Å²) < 4.78 is 25.3. The van der Waals surface area contributed by atoms with E-state index < -0.39 is 76.7 Å². The summed E-state index contributed by atoms with van der Waals surface area (Å²) in [5, 5.41) is 8.22.